The summed E-state index contributed by atoms with van der Waals surface area (Å²) in [6.45, 7) is 4.43. The summed E-state index contributed by atoms with van der Waals surface area (Å²) in [5.41, 5.74) is 0.974. The third kappa shape index (κ3) is 4.84. The molecule has 1 atom stereocenters. The number of carbonyl (C=O) groups excluding carboxylic acids is 1. The molecule has 1 aliphatic heterocycles. The number of ether oxygens (including phenoxy) is 1. The minimum Gasteiger partial charge on any atom is -0.466 e. The van der Waals surface area contributed by atoms with Crippen molar-refractivity contribution in [1.29, 1.82) is 0 Å². The monoisotopic (exact) mass is 477 g/mol. The average Bonchev–Trinajstić information content (AvgIpc) is 3.17. The Morgan fingerprint density at radius 2 is 2.40 bits per heavy atom. The van der Waals surface area contributed by atoms with Crippen LogP contribution in [0.2, 0.25) is 0 Å². The van der Waals surface area contributed by atoms with Crippen molar-refractivity contribution >= 4 is 52.2 Å². The van der Waals surface area contributed by atoms with E-state index in [0.29, 0.717) is 19.7 Å². The Morgan fingerprint density at radius 3 is 3.12 bits per heavy atom. The zero-order chi connectivity index (χ0) is 16.9. The summed E-state index contributed by atoms with van der Waals surface area (Å²) in [6.07, 6.45) is 5.86. The van der Waals surface area contributed by atoms with Gasteiger partial charge in [-0.2, -0.15) is 0 Å². The van der Waals surface area contributed by atoms with Gasteiger partial charge in [-0.25, -0.2) is 4.98 Å². The molecule has 0 spiro atoms. The number of piperidine rings is 1. The normalized spacial score (nSPS) is 18.1. The largest absolute Gasteiger partial charge is 0.466 e. The number of guanidine groups is 1. The Bertz CT molecular complexity index is 701. The molecule has 0 unspecified atom stereocenters. The minimum absolute atomic E-state index is 0. The first-order valence-electron chi connectivity index (χ1n) is 8.24. The van der Waals surface area contributed by atoms with Gasteiger partial charge in [-0.1, -0.05) is 0 Å². The molecule has 1 N–H and O–H groups in total. The summed E-state index contributed by atoms with van der Waals surface area (Å²) in [6, 6.07) is 0. The van der Waals surface area contributed by atoms with Crippen molar-refractivity contribution < 1.29 is 9.53 Å². The van der Waals surface area contributed by atoms with Crippen LogP contribution in [-0.4, -0.2) is 53.0 Å². The molecule has 1 aliphatic rings. The number of hydrogen-bond acceptors (Lipinski definition) is 5. The molecule has 3 rings (SSSR count). The van der Waals surface area contributed by atoms with E-state index in [1.807, 2.05) is 29.1 Å². The summed E-state index contributed by atoms with van der Waals surface area (Å²) in [5, 5.41) is 5.37. The number of imidazole rings is 1. The van der Waals surface area contributed by atoms with Crippen LogP contribution < -0.4 is 5.32 Å². The first kappa shape index (κ1) is 20.0. The highest BCUT2D eigenvalue weighted by molar-refractivity contribution is 14.0. The van der Waals surface area contributed by atoms with Gasteiger partial charge in [0.25, 0.3) is 0 Å². The van der Waals surface area contributed by atoms with Gasteiger partial charge in [-0.15, -0.1) is 35.3 Å². The Morgan fingerprint density at radius 1 is 1.56 bits per heavy atom. The van der Waals surface area contributed by atoms with Crippen LogP contribution in [0.3, 0.4) is 0 Å². The van der Waals surface area contributed by atoms with E-state index in [-0.39, 0.29) is 35.9 Å². The van der Waals surface area contributed by atoms with Crippen LogP contribution in [0.5, 0.6) is 0 Å². The number of rotatable bonds is 4. The minimum atomic E-state index is -0.105. The molecule has 0 aliphatic carbocycles. The van der Waals surface area contributed by atoms with Crippen molar-refractivity contribution in [2.24, 2.45) is 10.9 Å². The first-order valence-corrected chi connectivity index (χ1v) is 9.12. The molecule has 0 saturated carbocycles. The summed E-state index contributed by atoms with van der Waals surface area (Å²) in [4.78, 5) is 24.0. The molecule has 0 amide bonds. The summed E-state index contributed by atoms with van der Waals surface area (Å²) in [5.74, 6) is 0.627. The van der Waals surface area contributed by atoms with Crippen LogP contribution in [0.25, 0.3) is 4.96 Å². The van der Waals surface area contributed by atoms with E-state index in [2.05, 4.69) is 20.2 Å². The van der Waals surface area contributed by atoms with Crippen molar-refractivity contribution in [3.63, 3.8) is 0 Å². The summed E-state index contributed by atoms with van der Waals surface area (Å²) >= 11 is 1.62. The molecule has 9 heteroatoms. The van der Waals surface area contributed by atoms with E-state index in [1.54, 1.807) is 18.4 Å². The maximum absolute atomic E-state index is 12.0. The molecular weight excluding hydrogens is 453 g/mol. The summed E-state index contributed by atoms with van der Waals surface area (Å²) in [7, 11) is 1.77. The zero-order valence-electron chi connectivity index (χ0n) is 14.5. The Labute approximate surface area is 168 Å². The molecule has 138 valence electrons. The standard InChI is InChI=1S/C16H23N5O2S.HI/c1-3-23-14(22)12-5-4-6-20(10-12)15(17-2)18-9-13-11-21-7-8-24-16(21)19-13;/h7-8,11-12H,3-6,9-10H2,1-2H3,(H,17,18);1H/t12-;/m0./s1. The second-order valence-electron chi connectivity index (χ2n) is 5.76. The average molecular weight is 477 g/mol. The van der Waals surface area contributed by atoms with Gasteiger partial charge >= 0.3 is 5.97 Å². The van der Waals surface area contributed by atoms with Crippen LogP contribution in [0.15, 0.2) is 22.8 Å². The molecule has 0 radical (unpaired) electrons. The summed E-state index contributed by atoms with van der Waals surface area (Å²) < 4.78 is 7.18. The highest BCUT2D eigenvalue weighted by atomic mass is 127. The van der Waals surface area contributed by atoms with Crippen molar-refractivity contribution in [2.45, 2.75) is 26.3 Å². The van der Waals surface area contributed by atoms with E-state index >= 15 is 0 Å². The molecule has 0 aromatic carbocycles. The van der Waals surface area contributed by atoms with Crippen LogP contribution >= 0.6 is 35.3 Å². The number of nitrogens with one attached hydrogen (secondary N) is 1. The van der Waals surface area contributed by atoms with Crippen LogP contribution in [0.1, 0.15) is 25.5 Å². The smallest absolute Gasteiger partial charge is 0.310 e. The fourth-order valence-electron chi connectivity index (χ4n) is 2.99. The van der Waals surface area contributed by atoms with Crippen LogP contribution in [0, 0.1) is 5.92 Å². The predicted molar refractivity (Wildman–Crippen MR) is 110 cm³/mol. The predicted octanol–water partition coefficient (Wildman–Crippen LogP) is 2.36. The van der Waals surface area contributed by atoms with E-state index in [9.17, 15) is 4.79 Å². The number of nitrogens with zero attached hydrogens (tertiary/aromatic N) is 4. The number of aromatic nitrogens is 2. The Kier molecular flexibility index (Phi) is 7.48. The number of esters is 1. The Balaban J connectivity index is 0.00000225. The zero-order valence-corrected chi connectivity index (χ0v) is 17.6. The second-order valence-corrected chi connectivity index (χ2v) is 6.64. The van der Waals surface area contributed by atoms with Gasteiger partial charge in [0, 0.05) is 37.9 Å². The van der Waals surface area contributed by atoms with E-state index < -0.39 is 0 Å². The number of halogens is 1. The molecule has 1 fully saturated rings. The first-order chi connectivity index (χ1) is 11.7. The maximum atomic E-state index is 12.0. The lowest BCUT2D eigenvalue weighted by molar-refractivity contribution is -0.149. The van der Waals surface area contributed by atoms with Crippen molar-refractivity contribution in [2.75, 3.05) is 26.7 Å². The fraction of sp³-hybridized carbons (Fsp3) is 0.562. The lowest BCUT2D eigenvalue weighted by atomic mass is 9.98. The van der Waals surface area contributed by atoms with Gasteiger partial charge < -0.3 is 15.0 Å². The van der Waals surface area contributed by atoms with Gasteiger partial charge in [-0.05, 0) is 19.8 Å². The Hall–Kier alpha value is -1.36. The number of likely N-dealkylation sites (tertiary alicyclic amines) is 1. The van der Waals surface area contributed by atoms with E-state index in [0.717, 1.165) is 36.0 Å². The van der Waals surface area contributed by atoms with Gasteiger partial charge in [0.05, 0.1) is 24.8 Å². The highest BCUT2D eigenvalue weighted by Crippen LogP contribution is 2.18. The quantitative estimate of drug-likeness (QED) is 0.317. The third-order valence-corrected chi connectivity index (χ3v) is 4.89. The highest BCUT2D eigenvalue weighted by Gasteiger charge is 2.28. The molecule has 2 aromatic heterocycles. The molecular formula is C16H24IN5O2S. The molecule has 0 bridgehead atoms. The lowest BCUT2D eigenvalue weighted by Crippen LogP contribution is -2.48. The van der Waals surface area contributed by atoms with Crippen molar-refractivity contribution in [3.05, 3.63) is 23.5 Å². The maximum Gasteiger partial charge on any atom is 0.310 e. The van der Waals surface area contributed by atoms with Crippen LogP contribution in [-0.2, 0) is 16.1 Å². The van der Waals surface area contributed by atoms with Gasteiger partial charge in [0.1, 0.15) is 0 Å². The number of carbonyl (C=O) groups is 1. The molecule has 3 heterocycles. The molecule has 2 aromatic rings. The second kappa shape index (κ2) is 9.37. The van der Waals surface area contributed by atoms with Crippen molar-refractivity contribution in [3.8, 4) is 0 Å². The number of aliphatic imine (C=N–C) groups is 1. The number of fused-ring (bicyclic) bond motifs is 1. The SMILES string of the molecule is CCOC(=O)[C@H]1CCCN(C(=NC)NCc2cn3ccsc3n2)C1.I. The topological polar surface area (TPSA) is 71.2 Å². The van der Waals surface area contributed by atoms with Crippen molar-refractivity contribution in [1.82, 2.24) is 19.6 Å². The van der Waals surface area contributed by atoms with Crippen LogP contribution in [0.4, 0.5) is 0 Å². The molecule has 25 heavy (non-hydrogen) atoms. The molecule has 1 saturated heterocycles. The third-order valence-electron chi connectivity index (χ3n) is 4.12. The number of hydrogen-bond donors (Lipinski definition) is 1. The van der Waals surface area contributed by atoms with Gasteiger partial charge in [-0.3, -0.25) is 14.2 Å². The van der Waals surface area contributed by atoms with Gasteiger partial charge in [0.15, 0.2) is 10.9 Å². The van der Waals surface area contributed by atoms with Gasteiger partial charge in [0.2, 0.25) is 0 Å². The fourth-order valence-corrected chi connectivity index (χ4v) is 3.70. The van der Waals surface area contributed by atoms with E-state index in [1.165, 1.54) is 0 Å². The molecule has 7 nitrogen and oxygen atoms in total. The van der Waals surface area contributed by atoms with E-state index in [4.69, 9.17) is 4.74 Å². The lowest BCUT2D eigenvalue weighted by Gasteiger charge is -2.33. The number of thiazole rings is 1.